The number of thiazole rings is 1. The van der Waals surface area contributed by atoms with E-state index in [1.807, 2.05) is 0 Å². The number of nitrogens with zero attached hydrogens (tertiary/aromatic N) is 2. The average Bonchev–Trinajstić information content (AvgIpc) is 3.22. The lowest BCUT2D eigenvalue weighted by Gasteiger charge is -2.18. The van der Waals surface area contributed by atoms with Crippen molar-refractivity contribution in [3.63, 3.8) is 0 Å². The zero-order valence-electron chi connectivity index (χ0n) is 17.4. The second kappa shape index (κ2) is 10.6. The van der Waals surface area contributed by atoms with E-state index < -0.39 is 24.2 Å². The lowest BCUT2D eigenvalue weighted by molar-refractivity contribution is -0.116. The van der Waals surface area contributed by atoms with Crippen LogP contribution in [0.2, 0.25) is 0 Å². The zero-order valence-corrected chi connectivity index (χ0v) is 18.2. The van der Waals surface area contributed by atoms with E-state index >= 15 is 0 Å². The van der Waals surface area contributed by atoms with Gasteiger partial charge >= 0.3 is 6.61 Å². The number of carbonyl (C=O) groups excluding carboxylic acids is 2. The molecule has 1 N–H and O–H groups in total. The maximum Gasteiger partial charge on any atom is 0.387 e. The summed E-state index contributed by atoms with van der Waals surface area (Å²) in [6, 6.07) is 9.85. The Morgan fingerprint density at radius 3 is 2.61 bits per heavy atom. The summed E-state index contributed by atoms with van der Waals surface area (Å²) < 4.78 is 48.6. The normalized spacial score (nSPS) is 11.0. The van der Waals surface area contributed by atoms with Crippen molar-refractivity contribution in [1.29, 1.82) is 0 Å². The Morgan fingerprint density at radius 2 is 1.94 bits per heavy atom. The Balaban J connectivity index is 1.73. The largest absolute Gasteiger partial charge is 0.493 e. The lowest BCUT2D eigenvalue weighted by atomic mass is 10.2. The summed E-state index contributed by atoms with van der Waals surface area (Å²) in [5.41, 5.74) is 0.639. The van der Waals surface area contributed by atoms with E-state index in [4.69, 9.17) is 4.74 Å². The van der Waals surface area contributed by atoms with Gasteiger partial charge in [0.05, 0.1) is 18.5 Å². The number of amides is 2. The van der Waals surface area contributed by atoms with Gasteiger partial charge in [0, 0.05) is 30.1 Å². The first-order chi connectivity index (χ1) is 15.8. The summed E-state index contributed by atoms with van der Waals surface area (Å²) in [5, 5.41) is 4.34. The number of nitrogens with one attached hydrogen (secondary N) is 1. The van der Waals surface area contributed by atoms with Crippen molar-refractivity contribution >= 4 is 45.7 Å². The van der Waals surface area contributed by atoms with E-state index in [9.17, 15) is 22.8 Å². The minimum atomic E-state index is -3.05. The summed E-state index contributed by atoms with van der Waals surface area (Å²) in [6.45, 7) is -1.76. The minimum absolute atomic E-state index is 0.0638. The van der Waals surface area contributed by atoms with Crippen molar-refractivity contribution in [3.8, 4) is 11.5 Å². The van der Waals surface area contributed by atoms with Crippen LogP contribution in [0.4, 0.5) is 29.7 Å². The predicted molar refractivity (Wildman–Crippen MR) is 119 cm³/mol. The molecular formula is C22H18F3N3O4S. The standard InChI is InChI=1S/C22H18F3N3O4S/c1-13(29)28(17-6-4-3-5-16(17)23)22-27-15(12-33-22)8-10-20(30)26-14-7-9-18(31-2)19(11-14)32-21(24)25/h3-12,21H,1-2H3,(H,26,30)/b10-8+. The number of hydrogen-bond acceptors (Lipinski definition) is 6. The fourth-order valence-corrected chi connectivity index (χ4v) is 3.63. The molecule has 33 heavy (non-hydrogen) atoms. The molecule has 0 radical (unpaired) electrons. The van der Waals surface area contributed by atoms with Crippen LogP contribution in [0.5, 0.6) is 11.5 Å². The van der Waals surface area contributed by atoms with Gasteiger partial charge in [-0.25, -0.2) is 9.37 Å². The number of anilines is 3. The third-order valence-corrected chi connectivity index (χ3v) is 5.01. The molecule has 2 aromatic carbocycles. The van der Waals surface area contributed by atoms with Crippen LogP contribution < -0.4 is 19.7 Å². The molecule has 3 aromatic rings. The highest BCUT2D eigenvalue weighted by molar-refractivity contribution is 7.14. The smallest absolute Gasteiger partial charge is 0.387 e. The van der Waals surface area contributed by atoms with E-state index in [1.165, 1.54) is 62.6 Å². The van der Waals surface area contributed by atoms with Gasteiger partial charge in [-0.15, -0.1) is 11.3 Å². The maximum absolute atomic E-state index is 14.2. The molecule has 11 heteroatoms. The molecule has 1 heterocycles. The molecule has 2 amide bonds. The molecule has 0 atom stereocenters. The molecule has 3 rings (SSSR count). The molecule has 1 aromatic heterocycles. The third-order valence-electron chi connectivity index (χ3n) is 4.16. The number of rotatable bonds is 8. The second-order valence-corrected chi connectivity index (χ2v) is 7.26. The van der Waals surface area contributed by atoms with Crippen LogP contribution in [-0.4, -0.2) is 30.5 Å². The number of hydrogen-bond donors (Lipinski definition) is 1. The quantitative estimate of drug-likeness (QED) is 0.450. The Labute approximate surface area is 191 Å². The molecule has 0 unspecified atom stereocenters. The summed E-state index contributed by atoms with van der Waals surface area (Å²) in [7, 11) is 1.30. The number of aromatic nitrogens is 1. The topological polar surface area (TPSA) is 80.8 Å². The number of halogens is 3. The zero-order chi connectivity index (χ0) is 24.0. The highest BCUT2D eigenvalue weighted by Crippen LogP contribution is 2.32. The molecule has 0 aliphatic heterocycles. The van der Waals surface area contributed by atoms with Gasteiger partial charge in [-0.1, -0.05) is 12.1 Å². The highest BCUT2D eigenvalue weighted by atomic mass is 32.1. The van der Waals surface area contributed by atoms with Gasteiger partial charge in [-0.05, 0) is 30.3 Å². The van der Waals surface area contributed by atoms with Crippen LogP contribution in [0, 0.1) is 5.82 Å². The van der Waals surface area contributed by atoms with E-state index in [0.717, 1.165) is 16.2 Å². The van der Waals surface area contributed by atoms with Gasteiger partial charge in [0.2, 0.25) is 11.8 Å². The van der Waals surface area contributed by atoms with Crippen LogP contribution in [0.3, 0.4) is 0 Å². The summed E-state index contributed by atoms with van der Waals surface area (Å²) >= 11 is 1.10. The summed E-state index contributed by atoms with van der Waals surface area (Å²) in [4.78, 5) is 29.7. The molecule has 0 saturated heterocycles. The number of alkyl halides is 2. The Hall–Kier alpha value is -3.86. The fraction of sp³-hybridized carbons (Fsp3) is 0.136. The molecular weight excluding hydrogens is 459 g/mol. The first-order valence-corrected chi connectivity index (χ1v) is 10.3. The second-order valence-electron chi connectivity index (χ2n) is 6.43. The van der Waals surface area contributed by atoms with Crippen LogP contribution in [-0.2, 0) is 9.59 Å². The molecule has 0 fully saturated rings. The minimum Gasteiger partial charge on any atom is -0.493 e. The Bertz CT molecular complexity index is 1180. The highest BCUT2D eigenvalue weighted by Gasteiger charge is 2.20. The molecule has 0 spiro atoms. The van der Waals surface area contributed by atoms with Crippen molar-refractivity contribution in [3.05, 3.63) is 65.4 Å². The van der Waals surface area contributed by atoms with Crippen molar-refractivity contribution in [1.82, 2.24) is 4.98 Å². The molecule has 0 aliphatic rings. The SMILES string of the molecule is COc1ccc(NC(=O)/C=C/c2csc(N(C(C)=O)c3ccccc3F)n2)cc1OC(F)F. The van der Waals surface area contributed by atoms with Crippen LogP contribution in [0.25, 0.3) is 6.08 Å². The van der Waals surface area contributed by atoms with Gasteiger partial charge in [0.15, 0.2) is 16.6 Å². The fourth-order valence-electron chi connectivity index (χ4n) is 2.78. The number of methoxy groups -OCH3 is 1. The number of benzene rings is 2. The van der Waals surface area contributed by atoms with Crippen LogP contribution in [0.15, 0.2) is 53.9 Å². The van der Waals surface area contributed by atoms with Gasteiger partial charge < -0.3 is 14.8 Å². The lowest BCUT2D eigenvalue weighted by Crippen LogP contribution is -2.23. The summed E-state index contributed by atoms with van der Waals surface area (Å²) in [6.07, 6.45) is 2.58. The Kier molecular flexibility index (Phi) is 7.67. The Morgan fingerprint density at radius 1 is 1.18 bits per heavy atom. The predicted octanol–water partition coefficient (Wildman–Crippen LogP) is 5.23. The molecule has 0 bridgehead atoms. The number of carbonyl (C=O) groups is 2. The van der Waals surface area contributed by atoms with Crippen molar-refractivity contribution in [2.75, 3.05) is 17.3 Å². The first-order valence-electron chi connectivity index (χ1n) is 9.41. The van der Waals surface area contributed by atoms with Gasteiger partial charge in [0.25, 0.3) is 0 Å². The van der Waals surface area contributed by atoms with Crippen molar-refractivity contribution in [2.45, 2.75) is 13.5 Å². The van der Waals surface area contributed by atoms with Gasteiger partial charge in [-0.2, -0.15) is 8.78 Å². The first kappa shape index (κ1) is 23.8. The van der Waals surface area contributed by atoms with Crippen LogP contribution in [0.1, 0.15) is 12.6 Å². The maximum atomic E-state index is 14.2. The molecule has 7 nitrogen and oxygen atoms in total. The van der Waals surface area contributed by atoms with Gasteiger partial charge in [0.1, 0.15) is 5.82 Å². The van der Waals surface area contributed by atoms with E-state index in [0.29, 0.717) is 5.69 Å². The van der Waals surface area contributed by atoms with Crippen molar-refractivity contribution < 1.29 is 32.2 Å². The average molecular weight is 477 g/mol. The van der Waals surface area contributed by atoms with Crippen LogP contribution >= 0.6 is 11.3 Å². The summed E-state index contributed by atoms with van der Waals surface area (Å²) in [5.74, 6) is -1.70. The molecule has 0 aliphatic carbocycles. The van der Waals surface area contributed by atoms with E-state index in [1.54, 1.807) is 11.4 Å². The molecule has 172 valence electrons. The van der Waals surface area contributed by atoms with E-state index in [2.05, 4.69) is 15.0 Å². The van der Waals surface area contributed by atoms with E-state index in [-0.39, 0.29) is 28.0 Å². The molecule has 0 saturated carbocycles. The number of ether oxygens (including phenoxy) is 2. The monoisotopic (exact) mass is 477 g/mol. The van der Waals surface area contributed by atoms with Crippen molar-refractivity contribution in [2.24, 2.45) is 0 Å². The number of para-hydroxylation sites is 1. The third kappa shape index (κ3) is 6.10. The van der Waals surface area contributed by atoms with Gasteiger partial charge in [-0.3, -0.25) is 14.5 Å².